The molecule has 3 atom stereocenters. The van der Waals surface area contributed by atoms with Gasteiger partial charge in [-0.1, -0.05) is 13.8 Å². The maximum Gasteiger partial charge on any atom is 0.168 e. The molecule has 1 aliphatic heterocycles. The first kappa shape index (κ1) is 11.9. The Kier molecular flexibility index (Phi) is 2.59. The Morgan fingerprint density at radius 3 is 2.47 bits per heavy atom. The summed E-state index contributed by atoms with van der Waals surface area (Å²) in [6.45, 7) is 5.74. The van der Waals surface area contributed by atoms with E-state index in [-0.39, 0.29) is 22.5 Å². The second kappa shape index (κ2) is 3.69. The van der Waals surface area contributed by atoms with Gasteiger partial charge in [0.05, 0.1) is 18.6 Å². The minimum atomic E-state index is -0.446. The molecule has 2 saturated carbocycles. The SMILES string of the molecule is CC1(C)COC2(C[C@H]3CC(=O)[C@H](Cl)[C@H]3C2)OC1. The van der Waals surface area contributed by atoms with Gasteiger partial charge in [-0.2, -0.15) is 0 Å². The van der Waals surface area contributed by atoms with Crippen LogP contribution in [0.1, 0.15) is 33.1 Å². The molecule has 0 amide bonds. The van der Waals surface area contributed by atoms with Crippen molar-refractivity contribution in [2.75, 3.05) is 13.2 Å². The van der Waals surface area contributed by atoms with E-state index in [1.165, 1.54) is 0 Å². The topological polar surface area (TPSA) is 35.5 Å². The van der Waals surface area contributed by atoms with E-state index in [2.05, 4.69) is 13.8 Å². The molecule has 1 heterocycles. The highest BCUT2D eigenvalue weighted by atomic mass is 35.5. The molecular formula is C13H19ClO3. The number of ether oxygens (including phenoxy) is 2. The van der Waals surface area contributed by atoms with Crippen LogP contribution in [0.5, 0.6) is 0 Å². The van der Waals surface area contributed by atoms with Gasteiger partial charge in [-0.05, 0) is 11.8 Å². The summed E-state index contributed by atoms with van der Waals surface area (Å²) >= 11 is 6.16. The van der Waals surface area contributed by atoms with Crippen LogP contribution in [-0.2, 0) is 14.3 Å². The van der Waals surface area contributed by atoms with Gasteiger partial charge in [0, 0.05) is 24.7 Å². The minimum absolute atomic E-state index is 0.0964. The third kappa shape index (κ3) is 1.92. The molecule has 3 aliphatic rings. The molecule has 3 rings (SSSR count). The van der Waals surface area contributed by atoms with E-state index in [0.717, 1.165) is 26.1 Å². The normalized spacial score (nSPS) is 43.0. The summed E-state index contributed by atoms with van der Waals surface area (Å²) in [5.74, 6) is 0.378. The van der Waals surface area contributed by atoms with Crippen molar-refractivity contribution in [2.24, 2.45) is 17.3 Å². The third-order valence-corrected chi connectivity index (χ3v) is 4.89. The molecule has 0 bridgehead atoms. The molecule has 0 aromatic carbocycles. The zero-order valence-electron chi connectivity index (χ0n) is 10.4. The maximum absolute atomic E-state index is 11.5. The Morgan fingerprint density at radius 2 is 1.88 bits per heavy atom. The molecule has 96 valence electrons. The van der Waals surface area contributed by atoms with Crippen LogP contribution in [0.3, 0.4) is 0 Å². The predicted molar refractivity (Wildman–Crippen MR) is 63.9 cm³/mol. The van der Waals surface area contributed by atoms with Crippen molar-refractivity contribution in [2.45, 2.75) is 44.3 Å². The number of fused-ring (bicyclic) bond motifs is 1. The van der Waals surface area contributed by atoms with E-state index in [1.807, 2.05) is 0 Å². The predicted octanol–water partition coefficient (Wildman–Crippen LogP) is 2.36. The van der Waals surface area contributed by atoms with E-state index >= 15 is 0 Å². The van der Waals surface area contributed by atoms with Gasteiger partial charge >= 0.3 is 0 Å². The Bertz CT molecular complexity index is 343. The smallest absolute Gasteiger partial charge is 0.168 e. The van der Waals surface area contributed by atoms with E-state index in [1.54, 1.807) is 0 Å². The van der Waals surface area contributed by atoms with Gasteiger partial charge in [0.1, 0.15) is 0 Å². The van der Waals surface area contributed by atoms with Crippen molar-refractivity contribution in [1.29, 1.82) is 0 Å². The quantitative estimate of drug-likeness (QED) is 0.626. The lowest BCUT2D eigenvalue weighted by Crippen LogP contribution is -2.46. The van der Waals surface area contributed by atoms with Crippen LogP contribution in [0.25, 0.3) is 0 Å². The summed E-state index contributed by atoms with van der Waals surface area (Å²) in [4.78, 5) is 11.5. The second-order valence-corrected chi connectivity index (χ2v) is 7.03. The number of carbonyl (C=O) groups is 1. The molecule has 1 spiro atoms. The summed E-state index contributed by atoms with van der Waals surface area (Å²) in [5, 5.41) is -0.318. The van der Waals surface area contributed by atoms with Crippen LogP contribution in [-0.4, -0.2) is 30.2 Å². The van der Waals surface area contributed by atoms with Gasteiger partial charge in [0.15, 0.2) is 11.6 Å². The number of ketones is 1. The lowest BCUT2D eigenvalue weighted by Gasteiger charge is -2.42. The number of alkyl halides is 1. The zero-order chi connectivity index (χ0) is 12.3. The molecule has 3 nitrogen and oxygen atoms in total. The molecule has 17 heavy (non-hydrogen) atoms. The van der Waals surface area contributed by atoms with Gasteiger partial charge < -0.3 is 9.47 Å². The first-order chi connectivity index (χ1) is 7.91. The Labute approximate surface area is 107 Å². The van der Waals surface area contributed by atoms with Gasteiger partial charge in [-0.15, -0.1) is 11.6 Å². The Morgan fingerprint density at radius 1 is 1.24 bits per heavy atom. The molecule has 2 aliphatic carbocycles. The highest BCUT2D eigenvalue weighted by Gasteiger charge is 2.56. The fraction of sp³-hybridized carbons (Fsp3) is 0.923. The summed E-state index contributed by atoms with van der Waals surface area (Å²) in [7, 11) is 0. The standard InChI is InChI=1S/C13H19ClO3/c1-12(2)6-16-13(17-7-12)4-8-3-10(15)11(14)9(8)5-13/h8-9,11H,3-7H2,1-2H3/t8-,9+,11-/m1/s1. The summed E-state index contributed by atoms with van der Waals surface area (Å²) < 4.78 is 11.9. The van der Waals surface area contributed by atoms with Gasteiger partial charge in [-0.25, -0.2) is 0 Å². The van der Waals surface area contributed by atoms with Gasteiger partial charge in [-0.3, -0.25) is 4.79 Å². The monoisotopic (exact) mass is 258 g/mol. The third-order valence-electron chi connectivity index (χ3n) is 4.32. The molecule has 1 saturated heterocycles. The molecule has 3 fully saturated rings. The minimum Gasteiger partial charge on any atom is -0.349 e. The zero-order valence-corrected chi connectivity index (χ0v) is 11.1. The number of hydrogen-bond acceptors (Lipinski definition) is 3. The largest absolute Gasteiger partial charge is 0.349 e. The number of hydrogen-bond donors (Lipinski definition) is 0. The molecule has 0 aromatic heterocycles. The lowest BCUT2D eigenvalue weighted by atomic mass is 9.94. The van der Waals surface area contributed by atoms with E-state index < -0.39 is 5.79 Å². The maximum atomic E-state index is 11.5. The molecule has 4 heteroatoms. The second-order valence-electron chi connectivity index (χ2n) is 6.56. The number of halogens is 1. The van der Waals surface area contributed by atoms with Gasteiger partial charge in [0.2, 0.25) is 0 Å². The molecule has 0 radical (unpaired) electrons. The number of Topliss-reactive ketones (excluding diaryl/α,β-unsaturated/α-hetero) is 1. The van der Waals surface area contributed by atoms with Crippen molar-refractivity contribution in [3.63, 3.8) is 0 Å². The Hall–Kier alpha value is -0.120. The highest BCUT2D eigenvalue weighted by molar-refractivity contribution is 6.32. The van der Waals surface area contributed by atoms with Crippen molar-refractivity contribution in [3.8, 4) is 0 Å². The highest BCUT2D eigenvalue weighted by Crippen LogP contribution is 2.52. The molecular weight excluding hydrogens is 240 g/mol. The van der Waals surface area contributed by atoms with Crippen LogP contribution in [0, 0.1) is 17.3 Å². The van der Waals surface area contributed by atoms with Crippen LogP contribution >= 0.6 is 11.6 Å². The average Bonchev–Trinajstić information content (AvgIpc) is 2.72. The van der Waals surface area contributed by atoms with E-state index in [4.69, 9.17) is 21.1 Å². The van der Waals surface area contributed by atoms with Crippen LogP contribution in [0.15, 0.2) is 0 Å². The van der Waals surface area contributed by atoms with Crippen molar-refractivity contribution in [3.05, 3.63) is 0 Å². The van der Waals surface area contributed by atoms with Crippen LogP contribution in [0.2, 0.25) is 0 Å². The summed E-state index contributed by atoms with van der Waals surface area (Å²) in [6, 6.07) is 0. The van der Waals surface area contributed by atoms with Gasteiger partial charge in [0.25, 0.3) is 0 Å². The number of carbonyl (C=O) groups excluding carboxylic acids is 1. The first-order valence-corrected chi connectivity index (χ1v) is 6.79. The van der Waals surface area contributed by atoms with Crippen molar-refractivity contribution >= 4 is 17.4 Å². The van der Waals surface area contributed by atoms with Crippen LogP contribution in [0.4, 0.5) is 0 Å². The first-order valence-electron chi connectivity index (χ1n) is 6.36. The average molecular weight is 259 g/mol. The van der Waals surface area contributed by atoms with Crippen LogP contribution < -0.4 is 0 Å². The molecule has 0 unspecified atom stereocenters. The van der Waals surface area contributed by atoms with Crippen molar-refractivity contribution < 1.29 is 14.3 Å². The number of rotatable bonds is 0. The summed E-state index contributed by atoms with van der Waals surface area (Å²) in [5.41, 5.74) is 0.0964. The summed E-state index contributed by atoms with van der Waals surface area (Å²) in [6.07, 6.45) is 2.23. The molecule has 0 aromatic rings. The lowest BCUT2D eigenvalue weighted by molar-refractivity contribution is -0.297. The molecule has 0 N–H and O–H groups in total. The van der Waals surface area contributed by atoms with E-state index in [0.29, 0.717) is 12.3 Å². The Balaban J connectivity index is 1.71. The van der Waals surface area contributed by atoms with E-state index in [9.17, 15) is 4.79 Å². The fourth-order valence-corrected chi connectivity index (χ4v) is 3.69. The van der Waals surface area contributed by atoms with Crippen molar-refractivity contribution in [1.82, 2.24) is 0 Å². The fourth-order valence-electron chi connectivity index (χ4n) is 3.31.